The van der Waals surface area contributed by atoms with Gasteiger partial charge >= 0.3 is 0 Å². The van der Waals surface area contributed by atoms with Gasteiger partial charge in [-0.05, 0) is 30.2 Å². The number of phenolic OH excluding ortho intramolecular Hbond substituents is 2. The number of ketones is 1. The number of aliphatic hydroxyl groups is 4. The van der Waals surface area contributed by atoms with Crippen LogP contribution in [-0.2, 0) is 14.2 Å². The molecule has 2 heterocycles. The molecule has 0 unspecified atom stereocenters. The summed E-state index contributed by atoms with van der Waals surface area (Å²) in [5.74, 6) is -1.04. The van der Waals surface area contributed by atoms with Crippen molar-refractivity contribution in [3.05, 3.63) is 47.5 Å². The molecule has 0 radical (unpaired) electrons. The van der Waals surface area contributed by atoms with Crippen LogP contribution in [-0.4, -0.2) is 107 Å². The van der Waals surface area contributed by atoms with Gasteiger partial charge < -0.3 is 59.1 Å². The normalized spacial score (nSPS) is 28.4. The Balaban J connectivity index is 1.45. The predicted molar refractivity (Wildman–Crippen MR) is 141 cm³/mol. The molecule has 2 aromatic rings. The van der Waals surface area contributed by atoms with Gasteiger partial charge in [0.1, 0.15) is 47.2 Å². The van der Waals surface area contributed by atoms with Crippen LogP contribution < -0.4 is 14.2 Å². The molecule has 41 heavy (non-hydrogen) atoms. The highest BCUT2D eigenvalue weighted by atomic mass is 16.7. The number of carbonyl (C=O) groups is 1. The molecule has 2 aromatic carbocycles. The Morgan fingerprint density at radius 2 is 1.71 bits per heavy atom. The molecule has 0 spiro atoms. The summed E-state index contributed by atoms with van der Waals surface area (Å²) >= 11 is 0. The summed E-state index contributed by atoms with van der Waals surface area (Å²) in [5, 5.41) is 61.4. The van der Waals surface area contributed by atoms with Crippen molar-refractivity contribution in [2.24, 2.45) is 0 Å². The maximum Gasteiger partial charge on any atom is 0.229 e. The summed E-state index contributed by atoms with van der Waals surface area (Å²) in [5.41, 5.74) is 0.337. The molecular formula is C28H34O13. The topological polar surface area (TPSA) is 194 Å². The largest absolute Gasteiger partial charge is 0.507 e. The third kappa shape index (κ3) is 7.26. The fourth-order valence-electron chi connectivity index (χ4n) is 4.45. The zero-order valence-electron chi connectivity index (χ0n) is 22.5. The van der Waals surface area contributed by atoms with E-state index in [9.17, 15) is 35.4 Å². The number of aromatic hydroxyl groups is 2. The SMILES string of the molecule is COc1ccc(C=CC(=O)c2c(O)cc(O[C@H]3O[C@@H](CO[C@@H]4CC[C@@H](O)CO4)[C@H](O)[C@@H](O)[C@@H]3O)cc2OC)cc1O. The molecule has 2 aliphatic rings. The Kier molecular flexibility index (Phi) is 10.0. The molecule has 6 N–H and O–H groups in total. The van der Waals surface area contributed by atoms with Gasteiger partial charge in [0, 0.05) is 18.6 Å². The van der Waals surface area contributed by atoms with E-state index in [2.05, 4.69) is 0 Å². The highest BCUT2D eigenvalue weighted by molar-refractivity contribution is 6.10. The van der Waals surface area contributed by atoms with E-state index in [0.29, 0.717) is 18.4 Å². The number of hydrogen-bond donors (Lipinski definition) is 6. The van der Waals surface area contributed by atoms with Crippen molar-refractivity contribution in [1.29, 1.82) is 0 Å². The van der Waals surface area contributed by atoms with Gasteiger partial charge in [-0.1, -0.05) is 12.1 Å². The second-order valence-electron chi connectivity index (χ2n) is 9.61. The van der Waals surface area contributed by atoms with Crippen LogP contribution in [0.25, 0.3) is 6.08 Å². The lowest BCUT2D eigenvalue weighted by Gasteiger charge is -2.40. The summed E-state index contributed by atoms with van der Waals surface area (Å²) in [6.07, 6.45) is -5.07. The van der Waals surface area contributed by atoms with Crippen molar-refractivity contribution in [2.75, 3.05) is 27.4 Å². The fourth-order valence-corrected chi connectivity index (χ4v) is 4.45. The highest BCUT2D eigenvalue weighted by Crippen LogP contribution is 2.36. The molecule has 0 bridgehead atoms. The van der Waals surface area contributed by atoms with Gasteiger partial charge in [-0.25, -0.2) is 0 Å². The number of phenols is 2. The molecule has 13 nitrogen and oxygen atoms in total. The standard InChI is InChI=1S/C28H34O13/c1-36-20-7-4-14(9-18(20)31)3-6-17(30)24-19(32)10-16(11-21(24)37-2)40-28-27(35)26(34)25(33)22(41-28)13-39-23-8-5-15(29)12-38-23/h3-4,6-7,9-11,15,22-23,25-29,31-35H,5,8,12-13H2,1-2H3/t15-,22+,23-,25+,26-,27+,28+/m1/s1. The summed E-state index contributed by atoms with van der Waals surface area (Å²) in [6, 6.07) is 6.97. The number of ether oxygens (including phenoxy) is 6. The Morgan fingerprint density at radius 3 is 2.37 bits per heavy atom. The molecule has 2 saturated heterocycles. The number of allylic oxidation sites excluding steroid dienone is 1. The molecule has 224 valence electrons. The molecule has 2 aliphatic heterocycles. The van der Waals surface area contributed by atoms with Gasteiger partial charge in [-0.2, -0.15) is 0 Å². The van der Waals surface area contributed by atoms with Crippen LogP contribution in [0.15, 0.2) is 36.4 Å². The van der Waals surface area contributed by atoms with E-state index in [4.69, 9.17) is 28.4 Å². The summed E-state index contributed by atoms with van der Waals surface area (Å²) in [6.45, 7) is -0.0948. The van der Waals surface area contributed by atoms with Gasteiger partial charge in [0.05, 0.1) is 33.5 Å². The van der Waals surface area contributed by atoms with E-state index in [1.54, 1.807) is 6.07 Å². The smallest absolute Gasteiger partial charge is 0.229 e. The minimum Gasteiger partial charge on any atom is -0.507 e. The Bertz CT molecular complexity index is 1220. The molecule has 7 atom stereocenters. The number of carbonyl (C=O) groups excluding carboxylic acids is 1. The molecule has 4 rings (SSSR count). The first-order valence-electron chi connectivity index (χ1n) is 12.9. The fraction of sp³-hybridized carbons (Fsp3) is 0.464. The summed E-state index contributed by atoms with van der Waals surface area (Å²) < 4.78 is 32.6. The van der Waals surface area contributed by atoms with E-state index >= 15 is 0 Å². The van der Waals surface area contributed by atoms with E-state index in [1.807, 2.05) is 0 Å². The Hall–Kier alpha value is -3.43. The van der Waals surface area contributed by atoms with Crippen molar-refractivity contribution in [3.8, 4) is 28.7 Å². The van der Waals surface area contributed by atoms with Crippen LogP contribution in [0.3, 0.4) is 0 Å². The zero-order valence-corrected chi connectivity index (χ0v) is 22.5. The predicted octanol–water partition coefficient (Wildman–Crippen LogP) is 0.711. The van der Waals surface area contributed by atoms with Crippen molar-refractivity contribution < 1.29 is 63.9 Å². The van der Waals surface area contributed by atoms with Crippen molar-refractivity contribution in [2.45, 2.75) is 55.9 Å². The first-order valence-corrected chi connectivity index (χ1v) is 12.9. The summed E-state index contributed by atoms with van der Waals surface area (Å²) in [7, 11) is 2.70. The van der Waals surface area contributed by atoms with Crippen molar-refractivity contribution >= 4 is 11.9 Å². The third-order valence-corrected chi connectivity index (χ3v) is 6.73. The lowest BCUT2D eigenvalue weighted by atomic mass is 9.99. The van der Waals surface area contributed by atoms with Crippen molar-refractivity contribution in [1.82, 2.24) is 0 Å². The average Bonchev–Trinajstić information content (AvgIpc) is 2.96. The third-order valence-electron chi connectivity index (χ3n) is 6.73. The van der Waals surface area contributed by atoms with Gasteiger partial charge in [0.25, 0.3) is 0 Å². The minimum absolute atomic E-state index is 0.0466. The van der Waals surface area contributed by atoms with E-state index in [0.717, 1.165) is 6.07 Å². The van der Waals surface area contributed by atoms with Gasteiger partial charge in [-0.3, -0.25) is 4.79 Å². The first-order chi connectivity index (χ1) is 19.6. The van der Waals surface area contributed by atoms with Crippen LogP contribution in [0.2, 0.25) is 0 Å². The van der Waals surface area contributed by atoms with Crippen LogP contribution >= 0.6 is 0 Å². The average molecular weight is 579 g/mol. The molecule has 2 fully saturated rings. The van der Waals surface area contributed by atoms with Crippen LogP contribution in [0, 0.1) is 0 Å². The molecule has 0 aliphatic carbocycles. The van der Waals surface area contributed by atoms with Crippen LogP contribution in [0.1, 0.15) is 28.8 Å². The molecular weight excluding hydrogens is 544 g/mol. The van der Waals surface area contributed by atoms with Gasteiger partial charge in [-0.15, -0.1) is 0 Å². The quantitative estimate of drug-likeness (QED) is 0.171. The number of rotatable bonds is 10. The number of methoxy groups -OCH3 is 2. The Morgan fingerprint density at radius 1 is 0.951 bits per heavy atom. The Labute approximate surface area is 235 Å². The second kappa shape index (κ2) is 13.5. The van der Waals surface area contributed by atoms with Crippen LogP contribution in [0.5, 0.6) is 28.7 Å². The maximum absolute atomic E-state index is 12.9. The van der Waals surface area contributed by atoms with E-state index in [1.165, 1.54) is 44.6 Å². The van der Waals surface area contributed by atoms with Crippen molar-refractivity contribution in [3.63, 3.8) is 0 Å². The maximum atomic E-state index is 12.9. The van der Waals surface area contributed by atoms with E-state index < -0.39 is 54.6 Å². The number of aliphatic hydroxyl groups excluding tert-OH is 4. The van der Waals surface area contributed by atoms with Crippen LogP contribution in [0.4, 0.5) is 0 Å². The lowest BCUT2D eigenvalue weighted by molar-refractivity contribution is -0.291. The first kappa shape index (κ1) is 30.5. The molecule has 0 aromatic heterocycles. The molecule has 13 heteroatoms. The second-order valence-corrected chi connectivity index (χ2v) is 9.61. The highest BCUT2D eigenvalue weighted by Gasteiger charge is 2.45. The molecule has 0 saturated carbocycles. The van der Waals surface area contributed by atoms with Gasteiger partial charge in [0.15, 0.2) is 23.6 Å². The number of benzene rings is 2. The summed E-state index contributed by atoms with van der Waals surface area (Å²) in [4.78, 5) is 12.9. The van der Waals surface area contributed by atoms with E-state index in [-0.39, 0.29) is 41.8 Å². The van der Waals surface area contributed by atoms with Gasteiger partial charge in [0.2, 0.25) is 6.29 Å². The molecule has 0 amide bonds. The zero-order chi connectivity index (χ0) is 29.7. The lowest BCUT2D eigenvalue weighted by Crippen LogP contribution is -2.60. The minimum atomic E-state index is -1.67. The number of hydrogen-bond acceptors (Lipinski definition) is 13. The monoisotopic (exact) mass is 578 g/mol.